The van der Waals surface area contributed by atoms with Crippen molar-refractivity contribution in [3.63, 3.8) is 0 Å². The van der Waals surface area contributed by atoms with Crippen molar-refractivity contribution in [3.8, 4) is 16.3 Å². The van der Waals surface area contributed by atoms with Crippen molar-refractivity contribution in [1.29, 1.82) is 0 Å². The Balaban J connectivity index is 2.08. The molecule has 1 heterocycles. The molecule has 1 N–H and O–H groups in total. The number of hydrogen-bond donors (Lipinski definition) is 1. The number of likely N-dealkylation sites (N-methyl/N-ethyl adjacent to an activating group) is 1. The summed E-state index contributed by atoms with van der Waals surface area (Å²) in [5.74, 6) is 0.531. The largest absolute Gasteiger partial charge is 0.484 e. The highest BCUT2D eigenvalue weighted by Crippen LogP contribution is 2.30. The van der Waals surface area contributed by atoms with Gasteiger partial charge in [-0.05, 0) is 24.3 Å². The lowest BCUT2D eigenvalue weighted by Gasteiger charge is -2.14. The van der Waals surface area contributed by atoms with Crippen molar-refractivity contribution in [2.75, 3.05) is 13.7 Å². The summed E-state index contributed by atoms with van der Waals surface area (Å²) in [7, 11) is 1.59. The van der Waals surface area contributed by atoms with Crippen molar-refractivity contribution in [2.24, 2.45) is 0 Å². The van der Waals surface area contributed by atoms with Crippen LogP contribution in [0.4, 0.5) is 0 Å². The lowest BCUT2D eigenvalue weighted by molar-refractivity contribution is -0.122. The highest BCUT2D eigenvalue weighted by atomic mass is 32.1. The molecule has 1 amide bonds. The third kappa shape index (κ3) is 4.04. The van der Waals surface area contributed by atoms with Crippen LogP contribution in [0.5, 0.6) is 5.75 Å². The molecule has 21 heavy (non-hydrogen) atoms. The van der Waals surface area contributed by atoms with Gasteiger partial charge in [0.2, 0.25) is 0 Å². The second kappa shape index (κ2) is 6.26. The molecule has 0 aliphatic carbocycles. The van der Waals surface area contributed by atoms with E-state index < -0.39 is 0 Å². The second-order valence-electron chi connectivity index (χ2n) is 5.77. The van der Waals surface area contributed by atoms with E-state index in [0.29, 0.717) is 5.75 Å². The van der Waals surface area contributed by atoms with Gasteiger partial charge in [0.05, 0.1) is 5.69 Å². The third-order valence-corrected chi connectivity index (χ3v) is 3.91. The number of nitrogens with zero attached hydrogens (tertiary/aromatic N) is 1. The van der Waals surface area contributed by atoms with Crippen LogP contribution in [0.3, 0.4) is 0 Å². The van der Waals surface area contributed by atoms with Gasteiger partial charge in [0, 0.05) is 23.4 Å². The molecule has 1 aromatic carbocycles. The number of nitrogens with one attached hydrogen (secondary N) is 1. The van der Waals surface area contributed by atoms with Gasteiger partial charge < -0.3 is 10.1 Å². The van der Waals surface area contributed by atoms with Crippen molar-refractivity contribution in [3.05, 3.63) is 35.3 Å². The topological polar surface area (TPSA) is 51.2 Å². The number of amides is 1. The van der Waals surface area contributed by atoms with Crippen LogP contribution in [0.1, 0.15) is 26.5 Å². The fourth-order valence-electron chi connectivity index (χ4n) is 1.67. The van der Waals surface area contributed by atoms with E-state index in [1.54, 1.807) is 18.4 Å². The second-order valence-corrected chi connectivity index (χ2v) is 6.63. The van der Waals surface area contributed by atoms with Gasteiger partial charge in [-0.3, -0.25) is 4.79 Å². The quantitative estimate of drug-likeness (QED) is 0.943. The number of ether oxygens (including phenoxy) is 1. The molecule has 112 valence electrons. The molecule has 0 aliphatic rings. The molecule has 0 atom stereocenters. The number of carbonyl (C=O) groups is 1. The normalized spacial score (nSPS) is 11.2. The smallest absolute Gasteiger partial charge is 0.257 e. The minimum absolute atomic E-state index is 0.0290. The Morgan fingerprint density at radius 2 is 1.95 bits per heavy atom. The van der Waals surface area contributed by atoms with E-state index in [9.17, 15) is 4.79 Å². The van der Waals surface area contributed by atoms with E-state index in [-0.39, 0.29) is 17.9 Å². The zero-order valence-corrected chi connectivity index (χ0v) is 13.6. The number of carbonyl (C=O) groups excluding carboxylic acids is 1. The Labute approximate surface area is 129 Å². The van der Waals surface area contributed by atoms with E-state index in [2.05, 4.69) is 36.5 Å². The average molecular weight is 304 g/mol. The molecule has 0 saturated heterocycles. The predicted octanol–water partition coefficient (Wildman–Crippen LogP) is 3.23. The summed E-state index contributed by atoms with van der Waals surface area (Å²) >= 11 is 1.64. The van der Waals surface area contributed by atoms with Crippen LogP contribution in [-0.2, 0) is 10.2 Å². The van der Waals surface area contributed by atoms with Gasteiger partial charge in [0.25, 0.3) is 5.91 Å². The number of aromatic nitrogens is 1. The van der Waals surface area contributed by atoms with Crippen molar-refractivity contribution >= 4 is 17.2 Å². The van der Waals surface area contributed by atoms with Crippen LogP contribution >= 0.6 is 11.3 Å². The van der Waals surface area contributed by atoms with Crippen LogP contribution in [0.2, 0.25) is 0 Å². The van der Waals surface area contributed by atoms with Gasteiger partial charge in [0.1, 0.15) is 10.8 Å². The van der Waals surface area contributed by atoms with Gasteiger partial charge in [-0.15, -0.1) is 11.3 Å². The maximum atomic E-state index is 11.1. The van der Waals surface area contributed by atoms with Gasteiger partial charge >= 0.3 is 0 Å². The molecule has 2 aromatic rings. The van der Waals surface area contributed by atoms with Crippen LogP contribution in [0.25, 0.3) is 10.6 Å². The Hall–Kier alpha value is -1.88. The summed E-state index contributed by atoms with van der Waals surface area (Å²) in [6.07, 6.45) is 0. The first-order chi connectivity index (χ1) is 9.90. The molecular weight excluding hydrogens is 284 g/mol. The molecule has 0 fully saturated rings. The first-order valence-corrected chi connectivity index (χ1v) is 7.68. The third-order valence-electron chi connectivity index (χ3n) is 3.02. The minimum Gasteiger partial charge on any atom is -0.484 e. The molecule has 0 spiro atoms. The van der Waals surface area contributed by atoms with Crippen molar-refractivity contribution in [2.45, 2.75) is 26.2 Å². The monoisotopic (exact) mass is 304 g/mol. The van der Waals surface area contributed by atoms with Crippen LogP contribution in [0, 0.1) is 0 Å². The fourth-order valence-corrected chi connectivity index (χ4v) is 2.72. The number of rotatable bonds is 4. The van der Waals surface area contributed by atoms with E-state index >= 15 is 0 Å². The summed E-state index contributed by atoms with van der Waals surface area (Å²) < 4.78 is 5.38. The zero-order chi connectivity index (χ0) is 15.5. The molecule has 0 bridgehead atoms. The SMILES string of the molecule is CNC(=O)COc1ccc(-c2nc(C(C)(C)C)cs2)cc1. The highest BCUT2D eigenvalue weighted by Gasteiger charge is 2.17. The molecule has 5 heteroatoms. The molecule has 2 rings (SSSR count). The Bertz CT molecular complexity index is 612. The van der Waals surface area contributed by atoms with Crippen LogP contribution in [-0.4, -0.2) is 24.5 Å². The fraction of sp³-hybridized carbons (Fsp3) is 0.375. The van der Waals surface area contributed by atoms with Gasteiger partial charge in [0.15, 0.2) is 6.61 Å². The van der Waals surface area contributed by atoms with Gasteiger partial charge in [-0.1, -0.05) is 20.8 Å². The summed E-state index contributed by atoms with van der Waals surface area (Å²) in [4.78, 5) is 15.8. The summed E-state index contributed by atoms with van der Waals surface area (Å²) in [5, 5.41) is 5.62. The summed E-state index contributed by atoms with van der Waals surface area (Å²) in [6, 6.07) is 7.64. The highest BCUT2D eigenvalue weighted by molar-refractivity contribution is 7.13. The van der Waals surface area contributed by atoms with Crippen LogP contribution in [0.15, 0.2) is 29.6 Å². The Morgan fingerprint density at radius 3 is 2.48 bits per heavy atom. The summed E-state index contributed by atoms with van der Waals surface area (Å²) in [5.41, 5.74) is 2.22. The maximum Gasteiger partial charge on any atom is 0.257 e. The lowest BCUT2D eigenvalue weighted by Crippen LogP contribution is -2.24. The first kappa shape index (κ1) is 15.5. The Kier molecular flexibility index (Phi) is 4.63. The lowest BCUT2D eigenvalue weighted by atomic mass is 9.93. The molecule has 0 radical (unpaired) electrons. The first-order valence-electron chi connectivity index (χ1n) is 6.80. The average Bonchev–Trinajstić information content (AvgIpc) is 2.95. The van der Waals surface area contributed by atoms with E-state index in [4.69, 9.17) is 4.74 Å². The molecule has 4 nitrogen and oxygen atoms in total. The van der Waals surface area contributed by atoms with Gasteiger partial charge in [-0.2, -0.15) is 0 Å². The molecule has 0 unspecified atom stereocenters. The zero-order valence-electron chi connectivity index (χ0n) is 12.8. The summed E-state index contributed by atoms with van der Waals surface area (Å²) in [6.45, 7) is 6.49. The van der Waals surface area contributed by atoms with E-state index in [1.165, 1.54) is 0 Å². The standard InChI is InChI=1S/C16H20N2O2S/c1-16(2,3)13-10-21-15(18-13)11-5-7-12(8-6-11)20-9-14(19)17-4/h5-8,10H,9H2,1-4H3,(H,17,19). The Morgan fingerprint density at radius 1 is 1.29 bits per heavy atom. The minimum atomic E-state index is -0.145. The van der Waals surface area contributed by atoms with Crippen molar-refractivity contribution in [1.82, 2.24) is 10.3 Å². The van der Waals surface area contributed by atoms with E-state index in [1.807, 2.05) is 24.3 Å². The van der Waals surface area contributed by atoms with Gasteiger partial charge in [-0.25, -0.2) is 4.98 Å². The van der Waals surface area contributed by atoms with Crippen LogP contribution < -0.4 is 10.1 Å². The molecular formula is C16H20N2O2S. The van der Waals surface area contributed by atoms with E-state index in [0.717, 1.165) is 16.3 Å². The molecule has 0 aliphatic heterocycles. The molecule has 0 saturated carbocycles. The number of benzene rings is 1. The molecule has 1 aromatic heterocycles. The number of hydrogen-bond acceptors (Lipinski definition) is 4. The predicted molar refractivity (Wildman–Crippen MR) is 85.8 cm³/mol. The number of thiazole rings is 1. The van der Waals surface area contributed by atoms with Crippen molar-refractivity contribution < 1.29 is 9.53 Å². The maximum absolute atomic E-state index is 11.1.